The summed E-state index contributed by atoms with van der Waals surface area (Å²) in [5.41, 5.74) is 9.59. The van der Waals surface area contributed by atoms with Gasteiger partial charge in [0.25, 0.3) is 0 Å². The number of nitrogens with zero attached hydrogens (tertiary/aromatic N) is 2. The van der Waals surface area contributed by atoms with Crippen LogP contribution in [0.4, 0.5) is 5.82 Å². The van der Waals surface area contributed by atoms with Gasteiger partial charge in [-0.2, -0.15) is 5.10 Å². The summed E-state index contributed by atoms with van der Waals surface area (Å²) in [5.74, 6) is 0.864. The van der Waals surface area contributed by atoms with E-state index in [0.29, 0.717) is 11.6 Å². The monoisotopic (exact) mass is 273 g/mol. The summed E-state index contributed by atoms with van der Waals surface area (Å²) in [5, 5.41) is 14.8. The fourth-order valence-corrected chi connectivity index (χ4v) is 2.33. The fraction of sp³-hybridized carbons (Fsp3) is 0.438. The lowest BCUT2D eigenvalue weighted by Gasteiger charge is -2.23. The minimum Gasteiger partial charge on any atom is -0.507 e. The summed E-state index contributed by atoms with van der Waals surface area (Å²) in [7, 11) is 1.80. The number of benzene rings is 1. The molecule has 0 unspecified atom stereocenters. The van der Waals surface area contributed by atoms with Gasteiger partial charge < -0.3 is 10.8 Å². The zero-order valence-corrected chi connectivity index (χ0v) is 12.9. The van der Waals surface area contributed by atoms with Gasteiger partial charge in [-0.1, -0.05) is 33.8 Å². The van der Waals surface area contributed by atoms with E-state index in [1.165, 1.54) is 5.56 Å². The first kappa shape index (κ1) is 14.4. The predicted molar refractivity (Wildman–Crippen MR) is 82.8 cm³/mol. The van der Waals surface area contributed by atoms with Crippen molar-refractivity contribution < 1.29 is 5.11 Å². The molecule has 0 amide bonds. The Labute approximate surface area is 120 Å². The Morgan fingerprint density at radius 2 is 1.90 bits per heavy atom. The summed E-state index contributed by atoms with van der Waals surface area (Å²) >= 11 is 0. The number of hydrogen-bond acceptors (Lipinski definition) is 3. The zero-order valence-electron chi connectivity index (χ0n) is 12.9. The second-order valence-corrected chi connectivity index (χ2v) is 6.21. The molecule has 1 aromatic heterocycles. The van der Waals surface area contributed by atoms with Crippen molar-refractivity contribution in [2.75, 3.05) is 5.73 Å². The molecule has 20 heavy (non-hydrogen) atoms. The third-order valence-corrected chi connectivity index (χ3v) is 3.66. The molecule has 4 nitrogen and oxygen atoms in total. The van der Waals surface area contributed by atoms with Crippen LogP contribution < -0.4 is 5.73 Å². The highest BCUT2D eigenvalue weighted by Crippen LogP contribution is 2.41. The zero-order chi connectivity index (χ0) is 15.1. The molecule has 4 heteroatoms. The highest BCUT2D eigenvalue weighted by atomic mass is 16.3. The van der Waals surface area contributed by atoms with Crippen molar-refractivity contribution in [3.63, 3.8) is 0 Å². The minimum absolute atomic E-state index is 0.124. The number of phenols is 1. The first-order valence-corrected chi connectivity index (χ1v) is 6.90. The van der Waals surface area contributed by atoms with Crippen LogP contribution in [0.3, 0.4) is 0 Å². The number of nitrogens with two attached hydrogens (primary N) is 1. The molecule has 0 radical (unpaired) electrons. The van der Waals surface area contributed by atoms with Gasteiger partial charge in [0.2, 0.25) is 0 Å². The molecule has 0 atom stereocenters. The van der Waals surface area contributed by atoms with Crippen LogP contribution in [0, 0.1) is 0 Å². The smallest absolute Gasteiger partial charge is 0.129 e. The van der Waals surface area contributed by atoms with E-state index in [2.05, 4.69) is 38.9 Å². The number of phenolic OH excluding ortho intramolecular Hbond substituents is 1. The van der Waals surface area contributed by atoms with E-state index in [1.54, 1.807) is 17.9 Å². The Kier molecular flexibility index (Phi) is 3.50. The number of aryl methyl sites for hydroxylation is 2. The topological polar surface area (TPSA) is 64.1 Å². The molecule has 0 spiro atoms. The third-order valence-electron chi connectivity index (χ3n) is 3.66. The van der Waals surface area contributed by atoms with Crippen molar-refractivity contribution in [2.45, 2.75) is 39.5 Å². The summed E-state index contributed by atoms with van der Waals surface area (Å²) < 4.78 is 1.62. The molecule has 0 aliphatic rings. The van der Waals surface area contributed by atoms with Gasteiger partial charge in [0.1, 0.15) is 11.6 Å². The lowest BCUT2D eigenvalue weighted by atomic mass is 9.83. The second-order valence-electron chi connectivity index (χ2n) is 6.21. The number of nitrogen functional groups attached to an aromatic ring is 1. The molecule has 2 aromatic rings. The number of rotatable bonds is 2. The van der Waals surface area contributed by atoms with Crippen molar-refractivity contribution in [3.05, 3.63) is 29.5 Å². The van der Waals surface area contributed by atoms with Crippen LogP contribution in [0.25, 0.3) is 11.1 Å². The van der Waals surface area contributed by atoms with Gasteiger partial charge in [-0.3, -0.25) is 4.68 Å². The quantitative estimate of drug-likeness (QED) is 0.883. The molecule has 0 aliphatic heterocycles. The van der Waals surface area contributed by atoms with Crippen molar-refractivity contribution in [2.24, 2.45) is 7.05 Å². The van der Waals surface area contributed by atoms with Gasteiger partial charge in [0.15, 0.2) is 0 Å². The molecule has 0 aliphatic carbocycles. The lowest BCUT2D eigenvalue weighted by molar-refractivity contribution is 0.448. The molecule has 108 valence electrons. The van der Waals surface area contributed by atoms with Crippen molar-refractivity contribution >= 4 is 5.82 Å². The molecule has 0 saturated heterocycles. The molecule has 0 bridgehead atoms. The van der Waals surface area contributed by atoms with Gasteiger partial charge in [-0.15, -0.1) is 0 Å². The van der Waals surface area contributed by atoms with Crippen LogP contribution in [0.5, 0.6) is 5.75 Å². The number of anilines is 1. The molecular weight excluding hydrogens is 250 g/mol. The molecule has 1 aromatic carbocycles. The summed E-state index contributed by atoms with van der Waals surface area (Å²) in [6, 6.07) is 4.07. The maximum atomic E-state index is 10.6. The Hall–Kier alpha value is -1.97. The van der Waals surface area contributed by atoms with E-state index in [4.69, 9.17) is 5.73 Å². The van der Waals surface area contributed by atoms with Gasteiger partial charge in [0.05, 0.1) is 6.20 Å². The van der Waals surface area contributed by atoms with Gasteiger partial charge in [0, 0.05) is 23.7 Å². The molecule has 2 rings (SSSR count). The first-order valence-electron chi connectivity index (χ1n) is 6.90. The van der Waals surface area contributed by atoms with E-state index < -0.39 is 0 Å². The Balaban J connectivity index is 2.73. The molecule has 0 fully saturated rings. The SMILES string of the molecule is CCc1cc(-c2cnn(C)c2N)c(O)c(C(C)(C)C)c1. The maximum Gasteiger partial charge on any atom is 0.129 e. The number of aromatic hydroxyl groups is 1. The summed E-state index contributed by atoms with van der Waals surface area (Å²) in [4.78, 5) is 0. The molecule has 0 saturated carbocycles. The van der Waals surface area contributed by atoms with Crippen molar-refractivity contribution in [1.82, 2.24) is 9.78 Å². The van der Waals surface area contributed by atoms with E-state index in [-0.39, 0.29) is 5.41 Å². The van der Waals surface area contributed by atoms with Crippen LogP contribution in [-0.2, 0) is 18.9 Å². The van der Waals surface area contributed by atoms with Crippen LogP contribution >= 0.6 is 0 Å². The van der Waals surface area contributed by atoms with Gasteiger partial charge in [-0.25, -0.2) is 0 Å². The van der Waals surface area contributed by atoms with Crippen LogP contribution in [0.15, 0.2) is 18.3 Å². The Morgan fingerprint density at radius 3 is 2.35 bits per heavy atom. The van der Waals surface area contributed by atoms with E-state index >= 15 is 0 Å². The molecule has 3 N–H and O–H groups in total. The second kappa shape index (κ2) is 4.85. The summed E-state index contributed by atoms with van der Waals surface area (Å²) in [6.07, 6.45) is 2.62. The largest absolute Gasteiger partial charge is 0.507 e. The minimum atomic E-state index is -0.124. The Bertz CT molecular complexity index is 636. The maximum absolute atomic E-state index is 10.6. The fourth-order valence-electron chi connectivity index (χ4n) is 2.33. The molecular formula is C16H23N3O. The highest BCUT2D eigenvalue weighted by molar-refractivity contribution is 5.80. The van der Waals surface area contributed by atoms with Crippen molar-refractivity contribution in [1.29, 1.82) is 0 Å². The van der Waals surface area contributed by atoms with E-state index in [0.717, 1.165) is 23.1 Å². The average molecular weight is 273 g/mol. The standard InChI is InChI=1S/C16H23N3O/c1-6-10-7-11(12-9-18-19(5)15(12)17)14(20)13(8-10)16(2,3)4/h7-9,20H,6,17H2,1-5H3. The normalized spacial score (nSPS) is 11.8. The number of aromatic nitrogens is 2. The van der Waals surface area contributed by atoms with Crippen LogP contribution in [0.1, 0.15) is 38.8 Å². The van der Waals surface area contributed by atoms with Crippen molar-refractivity contribution in [3.8, 4) is 16.9 Å². The van der Waals surface area contributed by atoms with Crippen LogP contribution in [0.2, 0.25) is 0 Å². The van der Waals surface area contributed by atoms with E-state index in [1.807, 2.05) is 6.07 Å². The number of hydrogen-bond donors (Lipinski definition) is 2. The third kappa shape index (κ3) is 2.38. The van der Waals surface area contributed by atoms with Crippen LogP contribution in [-0.4, -0.2) is 14.9 Å². The van der Waals surface area contributed by atoms with E-state index in [9.17, 15) is 5.11 Å². The lowest BCUT2D eigenvalue weighted by Crippen LogP contribution is -2.12. The Morgan fingerprint density at radius 1 is 1.25 bits per heavy atom. The summed E-state index contributed by atoms with van der Waals surface area (Å²) in [6.45, 7) is 8.39. The van der Waals surface area contributed by atoms with Gasteiger partial charge >= 0.3 is 0 Å². The first-order chi connectivity index (χ1) is 9.25. The highest BCUT2D eigenvalue weighted by Gasteiger charge is 2.23. The van der Waals surface area contributed by atoms with Gasteiger partial charge in [-0.05, 0) is 23.5 Å². The average Bonchev–Trinajstić information content (AvgIpc) is 2.69. The predicted octanol–water partition coefficient (Wildman–Crippen LogP) is 3.23. The molecule has 1 heterocycles.